The van der Waals surface area contributed by atoms with E-state index in [1.54, 1.807) is 30.0 Å². The molecule has 0 radical (unpaired) electrons. The standard InChI is InChI=1S/C18H17FN2O/c1-12-11-17(20-16-9-5-4-8-15(16)19)14-7-3-6-10-18(14)21(12)13(2)22/h3-10,12H,11H2,1-2H3/b20-17-. The number of halogens is 1. The van der Waals surface area contributed by atoms with Crippen LogP contribution in [0.25, 0.3) is 0 Å². The topological polar surface area (TPSA) is 32.7 Å². The molecule has 0 fully saturated rings. The molecule has 3 nitrogen and oxygen atoms in total. The normalized spacial score (nSPS) is 19.1. The molecule has 1 heterocycles. The van der Waals surface area contributed by atoms with Crippen molar-refractivity contribution in [2.24, 2.45) is 4.99 Å². The highest BCUT2D eigenvalue weighted by molar-refractivity contribution is 6.12. The Kier molecular flexibility index (Phi) is 3.75. The Morgan fingerprint density at radius 1 is 1.18 bits per heavy atom. The van der Waals surface area contributed by atoms with Gasteiger partial charge in [0.15, 0.2) is 0 Å². The summed E-state index contributed by atoms with van der Waals surface area (Å²) in [7, 11) is 0. The van der Waals surface area contributed by atoms with Gasteiger partial charge in [-0.3, -0.25) is 4.79 Å². The molecule has 0 saturated heterocycles. The monoisotopic (exact) mass is 296 g/mol. The Hall–Kier alpha value is -2.49. The Labute approximate surface area is 129 Å². The summed E-state index contributed by atoms with van der Waals surface area (Å²) < 4.78 is 13.9. The van der Waals surface area contributed by atoms with Crippen LogP contribution in [0.4, 0.5) is 15.8 Å². The maximum absolute atomic E-state index is 13.9. The van der Waals surface area contributed by atoms with Gasteiger partial charge in [0.2, 0.25) is 5.91 Å². The van der Waals surface area contributed by atoms with E-state index in [0.29, 0.717) is 12.1 Å². The number of benzene rings is 2. The lowest BCUT2D eigenvalue weighted by Crippen LogP contribution is -2.42. The predicted octanol–water partition coefficient (Wildman–Crippen LogP) is 4.09. The molecule has 4 heteroatoms. The highest BCUT2D eigenvalue weighted by atomic mass is 19.1. The SMILES string of the molecule is CC(=O)N1c2ccccc2/C(=N\c2ccccc2F)CC1C. The number of anilines is 1. The minimum Gasteiger partial charge on any atom is -0.309 e. The van der Waals surface area contributed by atoms with Crippen molar-refractivity contribution in [2.75, 3.05) is 4.90 Å². The number of para-hydroxylation sites is 2. The third-order valence-electron chi connectivity index (χ3n) is 3.85. The van der Waals surface area contributed by atoms with Crippen molar-refractivity contribution in [3.63, 3.8) is 0 Å². The summed E-state index contributed by atoms with van der Waals surface area (Å²) in [6, 6.07) is 14.1. The molecule has 22 heavy (non-hydrogen) atoms. The molecular formula is C18H17FN2O. The predicted molar refractivity (Wildman–Crippen MR) is 86.3 cm³/mol. The van der Waals surface area contributed by atoms with Crippen molar-refractivity contribution in [3.05, 3.63) is 59.9 Å². The second-order valence-electron chi connectivity index (χ2n) is 5.47. The number of nitrogens with zero attached hydrogens (tertiary/aromatic N) is 2. The van der Waals surface area contributed by atoms with Gasteiger partial charge >= 0.3 is 0 Å². The van der Waals surface area contributed by atoms with Crippen LogP contribution in [0.2, 0.25) is 0 Å². The van der Waals surface area contributed by atoms with E-state index in [2.05, 4.69) is 4.99 Å². The van der Waals surface area contributed by atoms with E-state index in [-0.39, 0.29) is 17.8 Å². The first kappa shape index (κ1) is 14.4. The van der Waals surface area contributed by atoms with Gasteiger partial charge in [-0.05, 0) is 25.1 Å². The molecule has 1 aliphatic heterocycles. The Balaban J connectivity index is 2.13. The highest BCUT2D eigenvalue weighted by Gasteiger charge is 2.29. The van der Waals surface area contributed by atoms with Gasteiger partial charge in [0, 0.05) is 24.9 Å². The van der Waals surface area contributed by atoms with Crippen LogP contribution in [-0.2, 0) is 4.79 Å². The number of amides is 1. The van der Waals surface area contributed by atoms with Crippen molar-refractivity contribution in [1.82, 2.24) is 0 Å². The fourth-order valence-electron chi connectivity index (χ4n) is 2.92. The van der Waals surface area contributed by atoms with Crippen molar-refractivity contribution >= 4 is 23.0 Å². The van der Waals surface area contributed by atoms with Crippen molar-refractivity contribution in [3.8, 4) is 0 Å². The highest BCUT2D eigenvalue weighted by Crippen LogP contribution is 2.32. The summed E-state index contributed by atoms with van der Waals surface area (Å²) in [4.78, 5) is 18.2. The minimum atomic E-state index is -0.339. The van der Waals surface area contributed by atoms with Gasteiger partial charge < -0.3 is 4.90 Å². The molecule has 1 atom stereocenters. The van der Waals surface area contributed by atoms with E-state index < -0.39 is 0 Å². The maximum atomic E-state index is 13.9. The third kappa shape index (κ3) is 2.52. The first-order chi connectivity index (χ1) is 10.6. The van der Waals surface area contributed by atoms with E-state index in [1.807, 2.05) is 31.2 Å². The molecule has 0 bridgehead atoms. The number of carbonyl (C=O) groups is 1. The second kappa shape index (κ2) is 5.72. The Morgan fingerprint density at radius 2 is 1.86 bits per heavy atom. The van der Waals surface area contributed by atoms with Crippen LogP contribution in [0.1, 0.15) is 25.8 Å². The lowest BCUT2D eigenvalue weighted by molar-refractivity contribution is -0.117. The first-order valence-corrected chi connectivity index (χ1v) is 7.29. The molecule has 0 spiro atoms. The van der Waals surface area contributed by atoms with E-state index in [1.165, 1.54) is 6.07 Å². The fourth-order valence-corrected chi connectivity index (χ4v) is 2.92. The zero-order valence-electron chi connectivity index (χ0n) is 12.6. The summed E-state index contributed by atoms with van der Waals surface area (Å²) in [6.07, 6.45) is 0.602. The van der Waals surface area contributed by atoms with E-state index >= 15 is 0 Å². The zero-order valence-corrected chi connectivity index (χ0v) is 12.6. The number of hydrogen-bond acceptors (Lipinski definition) is 2. The number of hydrogen-bond donors (Lipinski definition) is 0. The van der Waals surface area contributed by atoms with E-state index in [9.17, 15) is 9.18 Å². The molecule has 2 aromatic carbocycles. The molecular weight excluding hydrogens is 279 g/mol. The zero-order chi connectivity index (χ0) is 15.7. The molecule has 3 rings (SSSR count). The summed E-state index contributed by atoms with van der Waals surface area (Å²) in [6.45, 7) is 3.54. The van der Waals surface area contributed by atoms with Crippen LogP contribution < -0.4 is 4.90 Å². The quantitative estimate of drug-likeness (QED) is 0.780. The number of carbonyl (C=O) groups excluding carboxylic acids is 1. The van der Waals surface area contributed by atoms with Gasteiger partial charge in [0.05, 0.1) is 17.1 Å². The molecule has 2 aromatic rings. The molecule has 1 amide bonds. The molecule has 1 aliphatic rings. The van der Waals surface area contributed by atoms with Gasteiger partial charge in [0.25, 0.3) is 0 Å². The van der Waals surface area contributed by atoms with Crippen LogP contribution in [0.15, 0.2) is 53.5 Å². The summed E-state index contributed by atoms with van der Waals surface area (Å²) in [5.74, 6) is -0.334. The van der Waals surface area contributed by atoms with Crippen LogP contribution in [0.5, 0.6) is 0 Å². The maximum Gasteiger partial charge on any atom is 0.224 e. The number of rotatable bonds is 1. The van der Waals surface area contributed by atoms with E-state index in [0.717, 1.165) is 17.0 Å². The largest absolute Gasteiger partial charge is 0.309 e. The second-order valence-corrected chi connectivity index (χ2v) is 5.47. The summed E-state index contributed by atoms with van der Waals surface area (Å²) in [5.41, 5.74) is 2.87. The lowest BCUT2D eigenvalue weighted by Gasteiger charge is -2.35. The first-order valence-electron chi connectivity index (χ1n) is 7.29. The molecule has 112 valence electrons. The number of aliphatic imine (C=N–C) groups is 1. The van der Waals surface area contributed by atoms with Gasteiger partial charge in [-0.25, -0.2) is 9.38 Å². The van der Waals surface area contributed by atoms with Crippen molar-refractivity contribution in [2.45, 2.75) is 26.3 Å². The van der Waals surface area contributed by atoms with Gasteiger partial charge in [-0.2, -0.15) is 0 Å². The Morgan fingerprint density at radius 3 is 2.59 bits per heavy atom. The fraction of sp³-hybridized carbons (Fsp3) is 0.222. The average molecular weight is 296 g/mol. The summed E-state index contributed by atoms with van der Waals surface area (Å²) in [5, 5.41) is 0. The molecule has 1 unspecified atom stereocenters. The van der Waals surface area contributed by atoms with Crippen LogP contribution in [0.3, 0.4) is 0 Å². The minimum absolute atomic E-state index is 0.00192. The molecule has 0 N–H and O–H groups in total. The van der Waals surface area contributed by atoms with Crippen LogP contribution in [-0.4, -0.2) is 17.7 Å². The lowest BCUT2D eigenvalue weighted by atomic mass is 9.94. The molecule has 0 aliphatic carbocycles. The third-order valence-corrected chi connectivity index (χ3v) is 3.85. The Bertz CT molecular complexity index is 754. The van der Waals surface area contributed by atoms with Crippen molar-refractivity contribution in [1.29, 1.82) is 0 Å². The van der Waals surface area contributed by atoms with Gasteiger partial charge in [-0.1, -0.05) is 30.3 Å². The van der Waals surface area contributed by atoms with Gasteiger partial charge in [0.1, 0.15) is 5.82 Å². The van der Waals surface area contributed by atoms with Crippen molar-refractivity contribution < 1.29 is 9.18 Å². The van der Waals surface area contributed by atoms with E-state index in [4.69, 9.17) is 0 Å². The molecule has 0 aromatic heterocycles. The molecule has 0 saturated carbocycles. The van der Waals surface area contributed by atoms with Crippen LogP contribution in [0, 0.1) is 5.82 Å². The van der Waals surface area contributed by atoms with Gasteiger partial charge in [-0.15, -0.1) is 0 Å². The smallest absolute Gasteiger partial charge is 0.224 e. The average Bonchev–Trinajstić information content (AvgIpc) is 2.49. The summed E-state index contributed by atoms with van der Waals surface area (Å²) >= 11 is 0. The van der Waals surface area contributed by atoms with Crippen LogP contribution >= 0.6 is 0 Å². The number of fused-ring (bicyclic) bond motifs is 1.